The van der Waals surface area contributed by atoms with Crippen LogP contribution in [0.4, 0.5) is 0 Å². The van der Waals surface area contributed by atoms with Crippen molar-refractivity contribution in [1.29, 1.82) is 0 Å². The van der Waals surface area contributed by atoms with Gasteiger partial charge in [-0.1, -0.05) is 0 Å². The van der Waals surface area contributed by atoms with E-state index in [9.17, 15) is 20.4 Å². The Kier molecular flexibility index (Phi) is 2.73. The van der Waals surface area contributed by atoms with Crippen LogP contribution in [0.25, 0.3) is 0 Å². The molecule has 72 valence electrons. The third-order valence-electron chi connectivity index (χ3n) is 2.68. The molecule has 1 aliphatic carbocycles. The molecule has 4 unspecified atom stereocenters. The van der Waals surface area contributed by atoms with Gasteiger partial charge >= 0.3 is 0 Å². The largest absolute Gasteiger partial charge is 0.390 e. The van der Waals surface area contributed by atoms with Crippen molar-refractivity contribution in [1.82, 2.24) is 0 Å². The molecule has 4 heteroatoms. The van der Waals surface area contributed by atoms with E-state index in [-0.39, 0.29) is 0 Å². The summed E-state index contributed by atoms with van der Waals surface area (Å²) in [5, 5.41) is 37.6. The average molecular weight is 176 g/mol. The van der Waals surface area contributed by atoms with Crippen molar-refractivity contribution in [2.75, 3.05) is 0 Å². The van der Waals surface area contributed by atoms with Gasteiger partial charge in [0.15, 0.2) is 0 Å². The number of hydrogen-bond donors (Lipinski definition) is 4. The molecular weight excluding hydrogens is 160 g/mol. The van der Waals surface area contributed by atoms with Crippen LogP contribution in [-0.2, 0) is 0 Å². The first-order chi connectivity index (χ1) is 5.48. The molecule has 12 heavy (non-hydrogen) atoms. The smallest absolute Gasteiger partial charge is 0.118 e. The molecule has 4 nitrogen and oxygen atoms in total. The number of hydrogen-bond acceptors (Lipinski definition) is 4. The van der Waals surface area contributed by atoms with E-state index in [4.69, 9.17) is 0 Å². The molecule has 0 saturated heterocycles. The van der Waals surface area contributed by atoms with Crippen molar-refractivity contribution in [3.63, 3.8) is 0 Å². The summed E-state index contributed by atoms with van der Waals surface area (Å²) in [4.78, 5) is 0. The summed E-state index contributed by atoms with van der Waals surface area (Å²) in [6.07, 6.45) is -1.72. The van der Waals surface area contributed by atoms with Crippen molar-refractivity contribution >= 4 is 0 Å². The fraction of sp³-hybridized carbons (Fsp3) is 1.00. The van der Waals surface area contributed by atoms with Gasteiger partial charge in [-0.2, -0.15) is 0 Å². The first-order valence-electron chi connectivity index (χ1n) is 4.25. The first kappa shape index (κ1) is 9.92. The Hall–Kier alpha value is -0.160. The van der Waals surface area contributed by atoms with Gasteiger partial charge in [0.1, 0.15) is 11.7 Å². The van der Waals surface area contributed by atoms with Gasteiger partial charge in [-0.15, -0.1) is 0 Å². The Morgan fingerprint density at radius 3 is 2.42 bits per heavy atom. The quantitative estimate of drug-likeness (QED) is 0.413. The van der Waals surface area contributed by atoms with E-state index < -0.39 is 23.9 Å². The zero-order valence-corrected chi connectivity index (χ0v) is 7.14. The fourth-order valence-electron chi connectivity index (χ4n) is 1.69. The number of rotatable bonds is 1. The molecule has 0 aromatic heterocycles. The maximum absolute atomic E-state index is 9.73. The summed E-state index contributed by atoms with van der Waals surface area (Å²) < 4.78 is 0. The summed E-state index contributed by atoms with van der Waals surface area (Å²) >= 11 is 0. The van der Waals surface area contributed by atoms with Crippen LogP contribution in [0.1, 0.15) is 26.2 Å². The van der Waals surface area contributed by atoms with Crippen LogP contribution >= 0.6 is 0 Å². The third kappa shape index (κ3) is 1.47. The number of aliphatic hydroxyl groups excluding tert-OH is 3. The lowest BCUT2D eigenvalue weighted by Gasteiger charge is -2.41. The summed E-state index contributed by atoms with van der Waals surface area (Å²) in [5.41, 5.74) is -1.53. The van der Waals surface area contributed by atoms with E-state index in [0.29, 0.717) is 19.3 Å². The number of aliphatic hydroxyl groups is 4. The van der Waals surface area contributed by atoms with Crippen LogP contribution in [0.15, 0.2) is 0 Å². The third-order valence-corrected chi connectivity index (χ3v) is 2.68. The van der Waals surface area contributed by atoms with E-state index in [0.717, 1.165) is 0 Å². The molecule has 0 radical (unpaired) electrons. The Bertz CT molecular complexity index is 159. The lowest BCUT2D eigenvalue weighted by molar-refractivity contribution is -0.192. The summed E-state index contributed by atoms with van der Waals surface area (Å²) in [6.45, 7) is 1.42. The Labute approximate surface area is 71.5 Å². The second-order valence-corrected chi connectivity index (χ2v) is 3.57. The molecule has 1 rings (SSSR count). The van der Waals surface area contributed by atoms with Gasteiger partial charge < -0.3 is 20.4 Å². The topological polar surface area (TPSA) is 80.9 Å². The molecule has 1 aliphatic rings. The van der Waals surface area contributed by atoms with Crippen molar-refractivity contribution in [2.45, 2.75) is 50.1 Å². The first-order valence-corrected chi connectivity index (χ1v) is 4.25. The van der Waals surface area contributed by atoms with Gasteiger partial charge in [0.05, 0.1) is 12.2 Å². The van der Waals surface area contributed by atoms with Crippen LogP contribution < -0.4 is 0 Å². The molecular formula is C8H16O4. The molecule has 0 heterocycles. The molecule has 0 bridgehead atoms. The lowest BCUT2D eigenvalue weighted by Crippen LogP contribution is -2.58. The molecule has 0 aromatic rings. The molecule has 4 N–H and O–H groups in total. The van der Waals surface area contributed by atoms with Gasteiger partial charge in [0.25, 0.3) is 0 Å². The highest BCUT2D eigenvalue weighted by atomic mass is 16.4. The molecule has 0 amide bonds. The molecule has 0 aliphatic heterocycles. The summed E-state index contributed by atoms with van der Waals surface area (Å²) in [5.74, 6) is 0. The van der Waals surface area contributed by atoms with Gasteiger partial charge in [-0.25, -0.2) is 0 Å². The summed E-state index contributed by atoms with van der Waals surface area (Å²) in [7, 11) is 0. The molecule has 0 spiro atoms. The maximum Gasteiger partial charge on any atom is 0.118 e. The van der Waals surface area contributed by atoms with E-state index in [1.807, 2.05) is 0 Å². The minimum Gasteiger partial charge on any atom is -0.390 e. The second-order valence-electron chi connectivity index (χ2n) is 3.57. The molecule has 0 aromatic carbocycles. The average Bonchev–Trinajstić information content (AvgIpc) is 2.00. The van der Waals surface area contributed by atoms with E-state index in [1.165, 1.54) is 6.92 Å². The highest BCUT2D eigenvalue weighted by Crippen LogP contribution is 2.31. The maximum atomic E-state index is 9.73. The van der Waals surface area contributed by atoms with Crippen molar-refractivity contribution in [3.8, 4) is 0 Å². The fourth-order valence-corrected chi connectivity index (χ4v) is 1.69. The van der Waals surface area contributed by atoms with Gasteiger partial charge in [0.2, 0.25) is 0 Å². The van der Waals surface area contributed by atoms with Crippen LogP contribution in [0, 0.1) is 0 Å². The van der Waals surface area contributed by atoms with E-state index >= 15 is 0 Å². The summed E-state index contributed by atoms with van der Waals surface area (Å²) in [6, 6.07) is 0. The van der Waals surface area contributed by atoms with Gasteiger partial charge in [-0.05, 0) is 26.2 Å². The normalized spacial score (nSPS) is 45.8. The van der Waals surface area contributed by atoms with Gasteiger partial charge in [-0.3, -0.25) is 0 Å². The van der Waals surface area contributed by atoms with Crippen molar-refractivity contribution < 1.29 is 20.4 Å². The zero-order chi connectivity index (χ0) is 9.35. The van der Waals surface area contributed by atoms with E-state index in [2.05, 4.69) is 0 Å². The van der Waals surface area contributed by atoms with Crippen LogP contribution in [0.3, 0.4) is 0 Å². The Balaban J connectivity index is 2.74. The highest BCUT2D eigenvalue weighted by molar-refractivity contribution is 4.97. The second kappa shape index (κ2) is 3.30. The zero-order valence-electron chi connectivity index (χ0n) is 7.14. The van der Waals surface area contributed by atoms with Gasteiger partial charge in [0, 0.05) is 0 Å². The van der Waals surface area contributed by atoms with Crippen LogP contribution in [-0.4, -0.2) is 44.3 Å². The molecule has 1 fully saturated rings. The standard InChI is InChI=1S/C8H16O4/c1-5(9)8(12)4-2-3-6(10)7(8)11/h5-7,9-12H,2-4H2,1H3. The SMILES string of the molecule is CC(O)C1(O)CCCC(O)C1O. The Morgan fingerprint density at radius 2 is 2.00 bits per heavy atom. The molecule has 4 atom stereocenters. The molecule has 1 saturated carbocycles. The minimum atomic E-state index is -1.53. The van der Waals surface area contributed by atoms with Crippen molar-refractivity contribution in [3.05, 3.63) is 0 Å². The minimum absolute atomic E-state index is 0.336. The predicted molar refractivity (Wildman–Crippen MR) is 42.5 cm³/mol. The monoisotopic (exact) mass is 176 g/mol. The van der Waals surface area contributed by atoms with Crippen molar-refractivity contribution in [2.24, 2.45) is 0 Å². The highest BCUT2D eigenvalue weighted by Gasteiger charge is 2.46. The lowest BCUT2D eigenvalue weighted by atomic mass is 9.77. The predicted octanol–water partition coefficient (Wildman–Crippen LogP) is -0.996. The van der Waals surface area contributed by atoms with Crippen LogP contribution in [0.2, 0.25) is 0 Å². The van der Waals surface area contributed by atoms with Crippen LogP contribution in [0.5, 0.6) is 0 Å². The Morgan fingerprint density at radius 1 is 1.42 bits per heavy atom. The van der Waals surface area contributed by atoms with E-state index in [1.54, 1.807) is 0 Å².